The lowest BCUT2D eigenvalue weighted by molar-refractivity contribution is -0.160. The Hall–Kier alpha value is -2.85. The molecule has 1 saturated heterocycles. The van der Waals surface area contributed by atoms with Crippen LogP contribution < -0.4 is 5.32 Å². The molecular weight excluding hydrogens is 474 g/mol. The second-order valence-electron chi connectivity index (χ2n) is 7.62. The molecule has 0 bridgehead atoms. The second kappa shape index (κ2) is 8.01. The van der Waals surface area contributed by atoms with E-state index in [0.29, 0.717) is 23.9 Å². The number of aromatic nitrogens is 1. The van der Waals surface area contributed by atoms with E-state index in [0.717, 1.165) is 6.07 Å². The van der Waals surface area contributed by atoms with Gasteiger partial charge in [-0.05, 0) is 53.9 Å². The highest BCUT2D eigenvalue weighted by Crippen LogP contribution is 2.41. The molecule has 0 radical (unpaired) electrons. The van der Waals surface area contributed by atoms with Crippen LogP contribution in [0.25, 0.3) is 0 Å². The topological polar surface area (TPSA) is 85.8 Å². The van der Waals surface area contributed by atoms with E-state index in [-0.39, 0.29) is 23.7 Å². The van der Waals surface area contributed by atoms with Crippen molar-refractivity contribution >= 4 is 33.6 Å². The molecule has 1 aromatic heterocycles. The molecule has 2 aromatic rings. The number of fused-ring (bicyclic) bond motifs is 1. The van der Waals surface area contributed by atoms with Gasteiger partial charge in [-0.2, -0.15) is 0 Å². The Bertz CT molecular complexity index is 1090. The lowest BCUT2D eigenvalue weighted by atomic mass is 9.90. The largest absolute Gasteiger partial charge is 0.509 e. The maximum absolute atomic E-state index is 14.3. The van der Waals surface area contributed by atoms with E-state index >= 15 is 0 Å². The predicted molar refractivity (Wildman–Crippen MR) is 111 cm³/mol. The number of benzene rings is 1. The van der Waals surface area contributed by atoms with Crippen LogP contribution in [-0.4, -0.2) is 44.0 Å². The summed E-state index contributed by atoms with van der Waals surface area (Å²) in [6.45, 7) is 1.85. The van der Waals surface area contributed by atoms with Crippen LogP contribution in [0.4, 0.5) is 14.6 Å². The Morgan fingerprint density at radius 2 is 2.10 bits per heavy atom. The summed E-state index contributed by atoms with van der Waals surface area (Å²) >= 11 is 3.25. The minimum atomic E-state index is -1.06. The molecule has 0 aliphatic carbocycles. The zero-order chi connectivity index (χ0) is 22.3. The quantitative estimate of drug-likeness (QED) is 0.635. The van der Waals surface area contributed by atoms with Crippen molar-refractivity contribution < 1.29 is 23.5 Å². The van der Waals surface area contributed by atoms with Gasteiger partial charge >= 0.3 is 0 Å². The number of hydrogen-bond acceptors (Lipinski definition) is 5. The summed E-state index contributed by atoms with van der Waals surface area (Å²) < 4.78 is 28.7. The fourth-order valence-corrected chi connectivity index (χ4v) is 4.24. The maximum atomic E-state index is 14.3. The molecule has 1 fully saturated rings. The number of amides is 2. The number of rotatable bonds is 4. The first-order valence-corrected chi connectivity index (χ1v) is 10.4. The Morgan fingerprint density at radius 3 is 2.81 bits per heavy atom. The summed E-state index contributed by atoms with van der Waals surface area (Å²) in [5.41, 5.74) is -1.49. The SMILES string of the molecule is C[C@]12CCCN1N(Cc1cccc(F)c1F)C(=O)C(C(=O)Nc1ccc(Br)cn1)=C2O. The Balaban J connectivity index is 1.70. The van der Waals surface area contributed by atoms with Gasteiger partial charge in [0.15, 0.2) is 11.6 Å². The molecule has 1 aromatic carbocycles. The average Bonchev–Trinajstić information content (AvgIpc) is 3.13. The number of hydrazine groups is 1. The molecule has 10 heteroatoms. The molecule has 162 valence electrons. The molecule has 7 nitrogen and oxygen atoms in total. The van der Waals surface area contributed by atoms with Crippen molar-refractivity contribution in [3.8, 4) is 0 Å². The van der Waals surface area contributed by atoms with Gasteiger partial charge in [-0.25, -0.2) is 18.8 Å². The number of anilines is 1. The highest BCUT2D eigenvalue weighted by molar-refractivity contribution is 9.10. The number of pyridine rings is 1. The molecule has 2 aliphatic heterocycles. The van der Waals surface area contributed by atoms with Crippen LogP contribution in [0, 0.1) is 11.6 Å². The average molecular weight is 493 g/mol. The number of hydrogen-bond donors (Lipinski definition) is 2. The number of aliphatic hydroxyl groups excluding tert-OH is 1. The standard InChI is InChI=1S/C21H19BrF2N4O3/c1-21-8-3-9-28(21)27(11-12-4-2-5-14(23)17(12)24)20(31)16(18(21)29)19(30)26-15-7-6-13(22)10-25-15/h2,4-7,10,29H,3,8-9,11H2,1H3,(H,25,26,30)/t21-/m1/s1. The predicted octanol–water partition coefficient (Wildman–Crippen LogP) is 3.68. The fourth-order valence-electron chi connectivity index (χ4n) is 4.01. The normalized spacial score (nSPS) is 21.4. The summed E-state index contributed by atoms with van der Waals surface area (Å²) in [4.78, 5) is 30.3. The van der Waals surface area contributed by atoms with Gasteiger partial charge in [-0.3, -0.25) is 14.6 Å². The van der Waals surface area contributed by atoms with Crippen LogP contribution in [0.2, 0.25) is 0 Å². The van der Waals surface area contributed by atoms with Gasteiger partial charge in [0, 0.05) is 22.8 Å². The lowest BCUT2D eigenvalue weighted by Crippen LogP contribution is -2.60. The third-order valence-electron chi connectivity index (χ3n) is 5.64. The van der Waals surface area contributed by atoms with Crippen LogP contribution in [0.15, 0.2) is 52.3 Å². The Labute approximate surface area is 185 Å². The zero-order valence-electron chi connectivity index (χ0n) is 16.5. The van der Waals surface area contributed by atoms with E-state index in [4.69, 9.17) is 0 Å². The van der Waals surface area contributed by atoms with Crippen LogP contribution in [0.1, 0.15) is 25.3 Å². The van der Waals surface area contributed by atoms with Gasteiger partial charge in [0.1, 0.15) is 17.2 Å². The van der Waals surface area contributed by atoms with Gasteiger partial charge in [0.05, 0.1) is 12.1 Å². The van der Waals surface area contributed by atoms with E-state index in [1.165, 1.54) is 29.4 Å². The number of nitrogens with zero attached hydrogens (tertiary/aromatic N) is 3. The van der Waals surface area contributed by atoms with Crippen LogP contribution in [0.5, 0.6) is 0 Å². The molecule has 1 atom stereocenters. The van der Waals surface area contributed by atoms with Gasteiger partial charge < -0.3 is 10.4 Å². The number of carbonyl (C=O) groups excluding carboxylic acids is 2. The van der Waals surface area contributed by atoms with Crippen molar-refractivity contribution in [2.45, 2.75) is 31.8 Å². The minimum absolute atomic E-state index is 0.0293. The van der Waals surface area contributed by atoms with E-state index in [2.05, 4.69) is 26.2 Å². The van der Waals surface area contributed by atoms with Gasteiger partial charge in [-0.15, -0.1) is 0 Å². The number of nitrogens with one attached hydrogen (secondary N) is 1. The number of halogens is 3. The van der Waals surface area contributed by atoms with E-state index < -0.39 is 34.6 Å². The second-order valence-corrected chi connectivity index (χ2v) is 8.53. The third-order valence-corrected chi connectivity index (χ3v) is 6.11. The van der Waals surface area contributed by atoms with Crippen molar-refractivity contribution in [1.29, 1.82) is 0 Å². The maximum Gasteiger partial charge on any atom is 0.277 e. The smallest absolute Gasteiger partial charge is 0.277 e. The third kappa shape index (κ3) is 3.70. The first-order chi connectivity index (χ1) is 14.7. The monoisotopic (exact) mass is 492 g/mol. The molecule has 3 heterocycles. The first-order valence-electron chi connectivity index (χ1n) is 9.61. The van der Waals surface area contributed by atoms with Crippen molar-refractivity contribution in [3.05, 3.63) is 69.5 Å². The van der Waals surface area contributed by atoms with E-state index in [9.17, 15) is 23.5 Å². The number of aliphatic hydroxyl groups is 1. The Kier molecular flexibility index (Phi) is 5.52. The fraction of sp³-hybridized carbons (Fsp3) is 0.286. The molecule has 4 rings (SSSR count). The minimum Gasteiger partial charge on any atom is -0.509 e. The molecule has 2 N–H and O–H groups in total. The molecule has 0 spiro atoms. The van der Waals surface area contributed by atoms with Gasteiger partial charge in [0.25, 0.3) is 11.8 Å². The van der Waals surface area contributed by atoms with Crippen LogP contribution in [0.3, 0.4) is 0 Å². The summed E-state index contributed by atoms with van der Waals surface area (Å²) in [6, 6.07) is 6.93. The first kappa shape index (κ1) is 21.4. The van der Waals surface area contributed by atoms with E-state index in [1.54, 1.807) is 18.0 Å². The molecule has 2 amide bonds. The van der Waals surface area contributed by atoms with Gasteiger partial charge in [0.2, 0.25) is 0 Å². The van der Waals surface area contributed by atoms with Crippen molar-refractivity contribution in [2.24, 2.45) is 0 Å². The summed E-state index contributed by atoms with van der Waals surface area (Å²) in [7, 11) is 0. The summed E-state index contributed by atoms with van der Waals surface area (Å²) in [5, 5.41) is 16.2. The van der Waals surface area contributed by atoms with Crippen LogP contribution in [-0.2, 0) is 16.1 Å². The molecule has 0 saturated carbocycles. The van der Waals surface area contributed by atoms with Crippen LogP contribution >= 0.6 is 15.9 Å². The summed E-state index contributed by atoms with van der Waals surface area (Å²) in [6.07, 6.45) is 2.62. The lowest BCUT2D eigenvalue weighted by Gasteiger charge is -2.46. The van der Waals surface area contributed by atoms with Crippen molar-refractivity contribution in [3.63, 3.8) is 0 Å². The molecule has 0 unspecified atom stereocenters. The Morgan fingerprint density at radius 1 is 1.32 bits per heavy atom. The molecular formula is C21H19BrF2N4O3. The molecule has 2 aliphatic rings. The summed E-state index contributed by atoms with van der Waals surface area (Å²) in [5.74, 6) is -3.85. The van der Waals surface area contributed by atoms with Crippen molar-refractivity contribution in [1.82, 2.24) is 15.0 Å². The van der Waals surface area contributed by atoms with Crippen molar-refractivity contribution in [2.75, 3.05) is 11.9 Å². The molecule has 31 heavy (non-hydrogen) atoms. The van der Waals surface area contributed by atoms with Gasteiger partial charge in [-0.1, -0.05) is 12.1 Å². The highest BCUT2D eigenvalue weighted by Gasteiger charge is 2.52. The van der Waals surface area contributed by atoms with E-state index in [1.807, 2.05) is 0 Å². The number of carbonyl (C=O) groups is 2. The zero-order valence-corrected chi connectivity index (χ0v) is 18.1. The highest BCUT2D eigenvalue weighted by atomic mass is 79.9.